The summed E-state index contributed by atoms with van der Waals surface area (Å²) < 4.78 is 0. The predicted octanol–water partition coefficient (Wildman–Crippen LogP) is 3.94. The van der Waals surface area contributed by atoms with Crippen molar-refractivity contribution in [3.8, 4) is 0 Å². The molecule has 1 saturated heterocycles. The Morgan fingerprint density at radius 2 is 1.89 bits per heavy atom. The first kappa shape index (κ1) is 12.6. The number of benzene rings is 1. The lowest BCUT2D eigenvalue weighted by Gasteiger charge is -2.20. The second-order valence-corrected chi connectivity index (χ2v) is 5.60. The lowest BCUT2D eigenvalue weighted by atomic mass is 9.88. The molecule has 19 heavy (non-hydrogen) atoms. The molecule has 2 aromatic rings. The van der Waals surface area contributed by atoms with Crippen molar-refractivity contribution in [2.75, 3.05) is 0 Å². The number of aromatic nitrogens is 1. The maximum absolute atomic E-state index is 5.87. The quantitative estimate of drug-likeness (QED) is 0.838. The van der Waals surface area contributed by atoms with Crippen LogP contribution in [0.4, 0.5) is 0 Å². The first-order chi connectivity index (χ1) is 9.24. The molecule has 3 unspecified atom stereocenters. The van der Waals surface area contributed by atoms with Gasteiger partial charge < -0.3 is 5.32 Å². The van der Waals surface area contributed by atoms with Gasteiger partial charge in [0.15, 0.2) is 0 Å². The molecule has 1 fully saturated rings. The van der Waals surface area contributed by atoms with Crippen LogP contribution in [-0.4, -0.2) is 11.0 Å². The van der Waals surface area contributed by atoms with Crippen molar-refractivity contribution in [3.05, 3.63) is 64.9 Å². The molecule has 3 atom stereocenters. The topological polar surface area (TPSA) is 24.9 Å². The summed E-state index contributed by atoms with van der Waals surface area (Å²) in [5.41, 5.74) is 2.60. The van der Waals surface area contributed by atoms with Crippen molar-refractivity contribution in [2.24, 2.45) is 0 Å². The van der Waals surface area contributed by atoms with Crippen LogP contribution >= 0.6 is 11.6 Å². The van der Waals surface area contributed by atoms with Crippen molar-refractivity contribution >= 4 is 11.6 Å². The summed E-state index contributed by atoms with van der Waals surface area (Å²) in [5, 5.41) is 4.23. The second-order valence-electron chi connectivity index (χ2n) is 5.21. The van der Waals surface area contributed by atoms with E-state index in [1.165, 1.54) is 11.1 Å². The first-order valence-electron chi connectivity index (χ1n) is 6.66. The zero-order chi connectivity index (χ0) is 13.2. The van der Waals surface area contributed by atoms with Gasteiger partial charge in [-0.3, -0.25) is 0 Å². The molecule has 0 bridgehead atoms. The Balaban J connectivity index is 1.92. The molecule has 3 rings (SSSR count). The highest BCUT2D eigenvalue weighted by Gasteiger charge is 2.33. The van der Waals surface area contributed by atoms with Gasteiger partial charge in [0.2, 0.25) is 0 Å². The van der Waals surface area contributed by atoms with Gasteiger partial charge in [-0.25, -0.2) is 4.98 Å². The summed E-state index contributed by atoms with van der Waals surface area (Å²) >= 11 is 5.87. The molecule has 1 aliphatic rings. The number of nitrogens with zero attached hydrogens (tertiary/aromatic N) is 1. The van der Waals surface area contributed by atoms with E-state index in [1.807, 2.05) is 12.3 Å². The molecule has 0 saturated carbocycles. The molecule has 1 aliphatic heterocycles. The molecule has 0 radical (unpaired) electrons. The van der Waals surface area contributed by atoms with Gasteiger partial charge in [-0.15, -0.1) is 0 Å². The predicted molar refractivity (Wildman–Crippen MR) is 78.4 cm³/mol. The summed E-state index contributed by atoms with van der Waals surface area (Å²) in [6.45, 7) is 2.24. The standard InChI is InChI=1S/C16H17ClN2/c1-11-9-14(13-7-8-15(17)18-10-13)16(19-11)12-5-3-2-4-6-12/h2-8,10-11,14,16,19H,9H2,1H3. The van der Waals surface area contributed by atoms with Crippen LogP contribution < -0.4 is 5.32 Å². The molecule has 0 amide bonds. The van der Waals surface area contributed by atoms with Crippen LogP contribution in [0.15, 0.2) is 48.7 Å². The monoisotopic (exact) mass is 272 g/mol. The van der Waals surface area contributed by atoms with Crippen LogP contribution in [0.2, 0.25) is 5.15 Å². The minimum Gasteiger partial charge on any atom is -0.307 e. The van der Waals surface area contributed by atoms with E-state index >= 15 is 0 Å². The van der Waals surface area contributed by atoms with E-state index in [0.717, 1.165) is 6.42 Å². The normalized spacial score (nSPS) is 26.5. The summed E-state index contributed by atoms with van der Waals surface area (Å²) in [6.07, 6.45) is 3.03. The molecule has 0 spiro atoms. The number of halogens is 1. The van der Waals surface area contributed by atoms with Gasteiger partial charge in [0, 0.05) is 24.2 Å². The van der Waals surface area contributed by atoms with Crippen molar-refractivity contribution in [1.82, 2.24) is 10.3 Å². The summed E-state index contributed by atoms with van der Waals surface area (Å²) in [6, 6.07) is 15.5. The summed E-state index contributed by atoms with van der Waals surface area (Å²) in [4.78, 5) is 4.21. The Hall–Kier alpha value is -1.38. The molecule has 1 aromatic heterocycles. The minimum atomic E-state index is 0.360. The highest BCUT2D eigenvalue weighted by Crippen LogP contribution is 2.39. The largest absolute Gasteiger partial charge is 0.307 e. The lowest BCUT2D eigenvalue weighted by molar-refractivity contribution is 0.558. The molecule has 2 nitrogen and oxygen atoms in total. The molecular formula is C16H17ClN2. The number of hydrogen-bond donors (Lipinski definition) is 1. The van der Waals surface area contributed by atoms with E-state index in [4.69, 9.17) is 11.6 Å². The van der Waals surface area contributed by atoms with Gasteiger partial charge in [-0.05, 0) is 30.5 Å². The van der Waals surface area contributed by atoms with Crippen molar-refractivity contribution in [2.45, 2.75) is 31.3 Å². The number of rotatable bonds is 2. The molecule has 98 valence electrons. The van der Waals surface area contributed by atoms with E-state index in [2.05, 4.69) is 53.6 Å². The highest BCUT2D eigenvalue weighted by atomic mass is 35.5. The van der Waals surface area contributed by atoms with E-state index in [9.17, 15) is 0 Å². The first-order valence-corrected chi connectivity index (χ1v) is 7.04. The second kappa shape index (κ2) is 5.32. The van der Waals surface area contributed by atoms with Gasteiger partial charge >= 0.3 is 0 Å². The third kappa shape index (κ3) is 2.65. The van der Waals surface area contributed by atoms with Gasteiger partial charge in [0.1, 0.15) is 5.15 Å². The van der Waals surface area contributed by atoms with Crippen molar-refractivity contribution in [1.29, 1.82) is 0 Å². The third-order valence-electron chi connectivity index (χ3n) is 3.81. The zero-order valence-electron chi connectivity index (χ0n) is 10.9. The van der Waals surface area contributed by atoms with Gasteiger partial charge in [-0.2, -0.15) is 0 Å². The number of nitrogens with one attached hydrogen (secondary N) is 1. The van der Waals surface area contributed by atoms with Crippen LogP contribution in [0.25, 0.3) is 0 Å². The Bertz CT molecular complexity index is 538. The highest BCUT2D eigenvalue weighted by molar-refractivity contribution is 6.29. The lowest BCUT2D eigenvalue weighted by Crippen LogP contribution is -2.22. The number of hydrogen-bond acceptors (Lipinski definition) is 2. The fourth-order valence-corrected chi connectivity index (χ4v) is 3.04. The Morgan fingerprint density at radius 1 is 1.11 bits per heavy atom. The molecule has 1 aromatic carbocycles. The van der Waals surface area contributed by atoms with Crippen LogP contribution in [0.1, 0.15) is 36.4 Å². The SMILES string of the molecule is CC1CC(c2ccc(Cl)nc2)C(c2ccccc2)N1. The maximum Gasteiger partial charge on any atom is 0.129 e. The summed E-state index contributed by atoms with van der Waals surface area (Å²) in [7, 11) is 0. The van der Waals surface area contributed by atoms with Gasteiger partial charge in [0.25, 0.3) is 0 Å². The molecule has 2 heterocycles. The van der Waals surface area contributed by atoms with E-state index < -0.39 is 0 Å². The van der Waals surface area contributed by atoms with Crippen LogP contribution in [0.3, 0.4) is 0 Å². The zero-order valence-corrected chi connectivity index (χ0v) is 11.6. The minimum absolute atomic E-state index is 0.360. The third-order valence-corrected chi connectivity index (χ3v) is 4.03. The van der Waals surface area contributed by atoms with Crippen LogP contribution in [0.5, 0.6) is 0 Å². The van der Waals surface area contributed by atoms with E-state index in [1.54, 1.807) is 0 Å². The molecular weight excluding hydrogens is 256 g/mol. The average Bonchev–Trinajstić information content (AvgIpc) is 2.83. The fourth-order valence-electron chi connectivity index (χ4n) is 2.93. The molecule has 3 heteroatoms. The smallest absolute Gasteiger partial charge is 0.129 e. The van der Waals surface area contributed by atoms with Gasteiger partial charge in [0.05, 0.1) is 0 Å². The molecule has 1 N–H and O–H groups in total. The average molecular weight is 273 g/mol. The Kier molecular flexibility index (Phi) is 3.54. The van der Waals surface area contributed by atoms with E-state index in [-0.39, 0.29) is 0 Å². The number of pyridine rings is 1. The summed E-state index contributed by atoms with van der Waals surface area (Å²) in [5.74, 6) is 0.460. The maximum atomic E-state index is 5.87. The van der Waals surface area contributed by atoms with E-state index in [0.29, 0.717) is 23.2 Å². The Morgan fingerprint density at radius 3 is 2.58 bits per heavy atom. The fraction of sp³-hybridized carbons (Fsp3) is 0.312. The van der Waals surface area contributed by atoms with Crippen LogP contribution in [0, 0.1) is 0 Å². The molecule has 0 aliphatic carbocycles. The van der Waals surface area contributed by atoms with Crippen LogP contribution in [-0.2, 0) is 0 Å². The van der Waals surface area contributed by atoms with Gasteiger partial charge in [-0.1, -0.05) is 48.0 Å². The van der Waals surface area contributed by atoms with Crippen molar-refractivity contribution < 1.29 is 0 Å². The Labute approximate surface area is 118 Å². The van der Waals surface area contributed by atoms with Crippen molar-refractivity contribution in [3.63, 3.8) is 0 Å².